The van der Waals surface area contributed by atoms with E-state index in [1.165, 1.54) is 0 Å². The van der Waals surface area contributed by atoms with Crippen LogP contribution in [0.25, 0.3) is 6.08 Å². The molecule has 0 aliphatic carbocycles. The first-order valence-electron chi connectivity index (χ1n) is 7.19. The molecule has 2 aromatic rings. The van der Waals surface area contributed by atoms with E-state index in [0.29, 0.717) is 22.7 Å². The zero-order valence-corrected chi connectivity index (χ0v) is 12.7. The van der Waals surface area contributed by atoms with Gasteiger partial charge in [-0.3, -0.25) is 4.79 Å². The van der Waals surface area contributed by atoms with Crippen LogP contribution in [0.15, 0.2) is 54.6 Å². The number of amides is 1. The van der Waals surface area contributed by atoms with Gasteiger partial charge in [0.15, 0.2) is 0 Å². The number of hydrogen-bond acceptors (Lipinski definition) is 2. The third-order valence-corrected chi connectivity index (χ3v) is 3.14. The second kappa shape index (κ2) is 7.24. The predicted octanol–water partition coefficient (Wildman–Crippen LogP) is 4.48. The van der Waals surface area contributed by atoms with Crippen LogP contribution in [0.4, 0.5) is 5.69 Å². The van der Waals surface area contributed by atoms with Crippen LogP contribution >= 0.6 is 0 Å². The molecular formula is C19H18N2O. The first-order chi connectivity index (χ1) is 10.6. The fraction of sp³-hybridized carbons (Fsp3) is 0.158. The molecule has 0 radical (unpaired) electrons. The molecule has 0 fully saturated rings. The monoisotopic (exact) mass is 290 g/mol. The molecule has 3 nitrogen and oxygen atoms in total. The number of benzene rings is 2. The van der Waals surface area contributed by atoms with E-state index in [2.05, 4.69) is 31.3 Å². The SMILES string of the molecule is CC(C)C=Cc1ccc(C(=O)Nc2ccccc2C#N)cc1. The highest BCUT2D eigenvalue weighted by atomic mass is 16.1. The molecule has 0 aromatic heterocycles. The van der Waals surface area contributed by atoms with Gasteiger partial charge >= 0.3 is 0 Å². The Morgan fingerprint density at radius 3 is 2.45 bits per heavy atom. The van der Waals surface area contributed by atoms with Crippen molar-refractivity contribution < 1.29 is 4.79 Å². The summed E-state index contributed by atoms with van der Waals surface area (Å²) in [5.74, 6) is 0.271. The normalized spacial score (nSPS) is 10.6. The van der Waals surface area contributed by atoms with Crippen molar-refractivity contribution in [3.05, 3.63) is 71.3 Å². The van der Waals surface area contributed by atoms with E-state index in [1.807, 2.05) is 18.2 Å². The Hall–Kier alpha value is -2.86. The molecule has 2 rings (SSSR count). The first-order valence-corrected chi connectivity index (χ1v) is 7.19. The maximum absolute atomic E-state index is 12.2. The molecule has 110 valence electrons. The second-order valence-electron chi connectivity index (χ2n) is 5.34. The summed E-state index contributed by atoms with van der Waals surface area (Å²) in [5, 5.41) is 11.8. The fourth-order valence-corrected chi connectivity index (χ4v) is 1.93. The summed E-state index contributed by atoms with van der Waals surface area (Å²) in [7, 11) is 0. The number of para-hydroxylation sites is 1. The molecule has 0 saturated carbocycles. The number of carbonyl (C=O) groups is 1. The Kier molecular flexibility index (Phi) is 5.11. The number of allylic oxidation sites excluding steroid dienone is 1. The summed E-state index contributed by atoms with van der Waals surface area (Å²) >= 11 is 0. The molecule has 1 amide bonds. The molecule has 3 heteroatoms. The smallest absolute Gasteiger partial charge is 0.255 e. The minimum Gasteiger partial charge on any atom is -0.321 e. The van der Waals surface area contributed by atoms with Crippen molar-refractivity contribution in [2.45, 2.75) is 13.8 Å². The average Bonchev–Trinajstić information content (AvgIpc) is 2.54. The highest BCUT2D eigenvalue weighted by molar-refractivity contribution is 6.05. The number of nitriles is 1. The molecule has 1 N–H and O–H groups in total. The van der Waals surface area contributed by atoms with E-state index >= 15 is 0 Å². The summed E-state index contributed by atoms with van der Waals surface area (Å²) in [6.07, 6.45) is 4.15. The van der Waals surface area contributed by atoms with Gasteiger partial charge in [-0.2, -0.15) is 5.26 Å². The van der Waals surface area contributed by atoms with Gasteiger partial charge in [0.05, 0.1) is 11.3 Å². The molecule has 0 saturated heterocycles. The molecular weight excluding hydrogens is 272 g/mol. The van der Waals surface area contributed by atoms with E-state index in [1.54, 1.807) is 36.4 Å². The lowest BCUT2D eigenvalue weighted by Gasteiger charge is -2.07. The van der Waals surface area contributed by atoms with Crippen molar-refractivity contribution in [2.75, 3.05) is 5.32 Å². The van der Waals surface area contributed by atoms with Gasteiger partial charge in [-0.1, -0.05) is 50.3 Å². The van der Waals surface area contributed by atoms with Crippen LogP contribution < -0.4 is 5.32 Å². The number of nitrogens with one attached hydrogen (secondary N) is 1. The summed E-state index contributed by atoms with van der Waals surface area (Å²) in [5.41, 5.74) is 2.60. The lowest BCUT2D eigenvalue weighted by atomic mass is 10.1. The molecule has 0 unspecified atom stereocenters. The topological polar surface area (TPSA) is 52.9 Å². The van der Waals surface area contributed by atoms with Crippen LogP contribution in [0.3, 0.4) is 0 Å². The second-order valence-corrected chi connectivity index (χ2v) is 5.34. The number of anilines is 1. The van der Waals surface area contributed by atoms with Crippen LogP contribution in [0.2, 0.25) is 0 Å². The van der Waals surface area contributed by atoms with Crippen LogP contribution in [0.1, 0.15) is 35.3 Å². The van der Waals surface area contributed by atoms with Gasteiger partial charge in [-0.05, 0) is 35.7 Å². The maximum Gasteiger partial charge on any atom is 0.255 e. The standard InChI is InChI=1S/C19H18N2O/c1-14(2)7-8-15-9-11-16(12-10-15)19(22)21-18-6-4-3-5-17(18)13-20/h3-12,14H,1-2H3,(H,21,22). The highest BCUT2D eigenvalue weighted by Crippen LogP contribution is 2.15. The molecule has 2 aromatic carbocycles. The lowest BCUT2D eigenvalue weighted by molar-refractivity contribution is 0.102. The molecule has 0 aliphatic rings. The molecule has 0 atom stereocenters. The summed E-state index contributed by atoms with van der Waals surface area (Å²) in [6, 6.07) is 16.4. The zero-order chi connectivity index (χ0) is 15.9. The Morgan fingerprint density at radius 1 is 1.14 bits per heavy atom. The number of carbonyl (C=O) groups excluding carboxylic acids is 1. The van der Waals surface area contributed by atoms with Gasteiger partial charge in [-0.25, -0.2) is 0 Å². The largest absolute Gasteiger partial charge is 0.321 e. The third-order valence-electron chi connectivity index (χ3n) is 3.14. The minimum atomic E-state index is -0.220. The van der Waals surface area contributed by atoms with Crippen molar-refractivity contribution in [1.82, 2.24) is 0 Å². The van der Waals surface area contributed by atoms with Gasteiger partial charge in [0.2, 0.25) is 0 Å². The van der Waals surface area contributed by atoms with Gasteiger partial charge in [0.25, 0.3) is 5.91 Å². The average molecular weight is 290 g/mol. The van der Waals surface area contributed by atoms with Gasteiger partial charge in [0, 0.05) is 5.56 Å². The molecule has 0 bridgehead atoms. The molecule has 22 heavy (non-hydrogen) atoms. The van der Waals surface area contributed by atoms with Crippen molar-refractivity contribution >= 4 is 17.7 Å². The van der Waals surface area contributed by atoms with E-state index in [4.69, 9.17) is 5.26 Å². The molecule has 0 spiro atoms. The predicted molar refractivity (Wildman–Crippen MR) is 89.4 cm³/mol. The van der Waals surface area contributed by atoms with Crippen molar-refractivity contribution in [1.29, 1.82) is 5.26 Å². The quantitative estimate of drug-likeness (QED) is 0.902. The van der Waals surface area contributed by atoms with E-state index in [-0.39, 0.29) is 5.91 Å². The maximum atomic E-state index is 12.2. The van der Waals surface area contributed by atoms with Crippen molar-refractivity contribution in [3.8, 4) is 6.07 Å². The number of nitrogens with zero attached hydrogens (tertiary/aromatic N) is 1. The number of hydrogen-bond donors (Lipinski definition) is 1. The Morgan fingerprint density at radius 2 is 1.82 bits per heavy atom. The Balaban J connectivity index is 2.12. The summed E-state index contributed by atoms with van der Waals surface area (Å²) in [6.45, 7) is 4.23. The van der Waals surface area contributed by atoms with Crippen molar-refractivity contribution in [3.63, 3.8) is 0 Å². The lowest BCUT2D eigenvalue weighted by Crippen LogP contribution is -2.12. The van der Waals surface area contributed by atoms with Crippen molar-refractivity contribution in [2.24, 2.45) is 5.92 Å². The van der Waals surface area contributed by atoms with E-state index < -0.39 is 0 Å². The van der Waals surface area contributed by atoms with E-state index in [0.717, 1.165) is 5.56 Å². The number of rotatable bonds is 4. The summed E-state index contributed by atoms with van der Waals surface area (Å²) in [4.78, 5) is 12.2. The fourth-order valence-electron chi connectivity index (χ4n) is 1.93. The van der Waals surface area contributed by atoms with Crippen LogP contribution in [0.5, 0.6) is 0 Å². The van der Waals surface area contributed by atoms with Crippen LogP contribution in [-0.4, -0.2) is 5.91 Å². The van der Waals surface area contributed by atoms with Crippen LogP contribution in [-0.2, 0) is 0 Å². The summed E-state index contributed by atoms with van der Waals surface area (Å²) < 4.78 is 0. The van der Waals surface area contributed by atoms with Crippen LogP contribution in [0, 0.1) is 17.2 Å². The zero-order valence-electron chi connectivity index (χ0n) is 12.7. The first kappa shape index (κ1) is 15.5. The highest BCUT2D eigenvalue weighted by Gasteiger charge is 2.08. The van der Waals surface area contributed by atoms with E-state index in [9.17, 15) is 4.79 Å². The van der Waals surface area contributed by atoms with Gasteiger partial charge < -0.3 is 5.32 Å². The Labute approximate surface area is 130 Å². The van der Waals surface area contributed by atoms with Gasteiger partial charge in [0.1, 0.15) is 6.07 Å². The molecule has 0 aliphatic heterocycles. The Bertz CT molecular complexity index is 722. The molecule has 0 heterocycles. The van der Waals surface area contributed by atoms with Gasteiger partial charge in [-0.15, -0.1) is 0 Å². The minimum absolute atomic E-state index is 0.220. The third kappa shape index (κ3) is 4.07.